The number of ether oxygens (including phenoxy) is 2. The smallest absolute Gasteiger partial charge is 0.338 e. The number of carbonyl (C=O) groups excluding carboxylic acids is 2. The van der Waals surface area contributed by atoms with Gasteiger partial charge in [-0.1, -0.05) is 35.3 Å². The predicted molar refractivity (Wildman–Crippen MR) is 100 cm³/mol. The van der Waals surface area contributed by atoms with Crippen LogP contribution in [0.1, 0.15) is 22.8 Å². The van der Waals surface area contributed by atoms with Crippen molar-refractivity contribution in [2.75, 3.05) is 13.2 Å². The Labute approximate surface area is 160 Å². The van der Waals surface area contributed by atoms with Gasteiger partial charge in [0.1, 0.15) is 5.75 Å². The van der Waals surface area contributed by atoms with Crippen LogP contribution in [0.15, 0.2) is 47.6 Å². The minimum Gasteiger partial charge on any atom is -0.484 e. The quantitative estimate of drug-likeness (QED) is 0.441. The van der Waals surface area contributed by atoms with Crippen LogP contribution < -0.4 is 10.2 Å². The molecule has 2 aromatic rings. The molecule has 2 aromatic carbocycles. The van der Waals surface area contributed by atoms with Gasteiger partial charge in [0.05, 0.1) is 28.4 Å². The number of amides is 1. The summed E-state index contributed by atoms with van der Waals surface area (Å²) in [5, 5.41) is 4.56. The van der Waals surface area contributed by atoms with Crippen molar-refractivity contribution in [1.29, 1.82) is 0 Å². The van der Waals surface area contributed by atoms with Gasteiger partial charge in [-0.15, -0.1) is 0 Å². The van der Waals surface area contributed by atoms with E-state index in [9.17, 15) is 9.59 Å². The van der Waals surface area contributed by atoms with Crippen LogP contribution in [0.3, 0.4) is 0 Å². The summed E-state index contributed by atoms with van der Waals surface area (Å²) < 4.78 is 10.2. The summed E-state index contributed by atoms with van der Waals surface area (Å²) >= 11 is 11.9. The maximum absolute atomic E-state index is 11.7. The zero-order valence-corrected chi connectivity index (χ0v) is 15.4. The average Bonchev–Trinajstić information content (AvgIpc) is 2.64. The lowest BCUT2D eigenvalue weighted by molar-refractivity contribution is -0.123. The number of hydrogen-bond donors (Lipinski definition) is 1. The van der Waals surface area contributed by atoms with E-state index in [2.05, 4.69) is 10.5 Å². The van der Waals surface area contributed by atoms with E-state index in [1.807, 2.05) is 0 Å². The molecule has 0 bridgehead atoms. The van der Waals surface area contributed by atoms with Gasteiger partial charge < -0.3 is 9.47 Å². The maximum Gasteiger partial charge on any atom is 0.338 e. The van der Waals surface area contributed by atoms with E-state index in [1.165, 1.54) is 6.21 Å². The highest BCUT2D eigenvalue weighted by Gasteiger charge is 2.07. The molecular formula is C18H16Cl2N2O4. The number of rotatable bonds is 7. The number of hydrazone groups is 1. The fourth-order valence-corrected chi connectivity index (χ4v) is 2.23. The lowest BCUT2D eigenvalue weighted by Crippen LogP contribution is -2.24. The van der Waals surface area contributed by atoms with E-state index >= 15 is 0 Å². The Bertz CT molecular complexity index is 807. The first-order valence-electron chi connectivity index (χ1n) is 7.67. The Hall–Kier alpha value is -2.57. The molecule has 0 aliphatic heterocycles. The van der Waals surface area contributed by atoms with E-state index in [4.69, 9.17) is 32.7 Å². The standard InChI is InChI=1S/C18H16Cl2N2O4/c1-2-25-18(24)12-6-8-14(9-7-12)26-11-16(23)22-21-10-13-4-3-5-15(19)17(13)20/h3-10H,2,11H2,1H3,(H,22,23). The van der Waals surface area contributed by atoms with Gasteiger partial charge in [-0.3, -0.25) is 4.79 Å². The molecule has 2 rings (SSSR count). The molecule has 0 aromatic heterocycles. The molecule has 1 N–H and O–H groups in total. The van der Waals surface area contributed by atoms with Crippen molar-refractivity contribution in [3.8, 4) is 5.75 Å². The Morgan fingerprint density at radius 2 is 1.88 bits per heavy atom. The molecular weight excluding hydrogens is 379 g/mol. The van der Waals surface area contributed by atoms with Crippen molar-refractivity contribution in [2.24, 2.45) is 5.10 Å². The summed E-state index contributed by atoms with van der Waals surface area (Å²) in [5.74, 6) is -0.422. The Morgan fingerprint density at radius 1 is 1.15 bits per heavy atom. The molecule has 0 heterocycles. The highest BCUT2D eigenvalue weighted by Crippen LogP contribution is 2.24. The zero-order chi connectivity index (χ0) is 18.9. The number of esters is 1. The molecule has 0 spiro atoms. The Balaban J connectivity index is 1.82. The second kappa shape index (κ2) is 9.79. The van der Waals surface area contributed by atoms with Crippen LogP contribution in [-0.4, -0.2) is 31.3 Å². The first-order chi connectivity index (χ1) is 12.5. The van der Waals surface area contributed by atoms with E-state index in [0.717, 1.165) is 0 Å². The first kappa shape index (κ1) is 19.8. The van der Waals surface area contributed by atoms with Gasteiger partial charge in [-0.25, -0.2) is 10.2 Å². The molecule has 0 fully saturated rings. The van der Waals surface area contributed by atoms with Crippen molar-refractivity contribution in [2.45, 2.75) is 6.92 Å². The summed E-state index contributed by atoms with van der Waals surface area (Å²) in [6, 6.07) is 11.4. The fraction of sp³-hybridized carbons (Fsp3) is 0.167. The molecule has 0 saturated heterocycles. The van der Waals surface area contributed by atoms with E-state index in [1.54, 1.807) is 49.4 Å². The minimum absolute atomic E-state index is 0.237. The third kappa shape index (κ3) is 5.75. The van der Waals surface area contributed by atoms with Crippen LogP contribution in [0.5, 0.6) is 5.75 Å². The topological polar surface area (TPSA) is 77.0 Å². The molecule has 0 saturated carbocycles. The van der Waals surface area contributed by atoms with Crippen molar-refractivity contribution in [3.63, 3.8) is 0 Å². The van der Waals surface area contributed by atoms with E-state index in [-0.39, 0.29) is 6.61 Å². The number of nitrogens with zero attached hydrogens (tertiary/aromatic N) is 1. The summed E-state index contributed by atoms with van der Waals surface area (Å²) in [6.45, 7) is 1.80. The van der Waals surface area contributed by atoms with Crippen LogP contribution >= 0.6 is 23.2 Å². The monoisotopic (exact) mass is 394 g/mol. The number of halogens is 2. The summed E-state index contributed by atoms with van der Waals surface area (Å²) in [6.07, 6.45) is 1.39. The van der Waals surface area contributed by atoms with Crippen LogP contribution in [0, 0.1) is 0 Å². The van der Waals surface area contributed by atoms with Gasteiger partial charge >= 0.3 is 5.97 Å². The maximum atomic E-state index is 11.7. The van der Waals surface area contributed by atoms with Crippen molar-refractivity contribution >= 4 is 41.3 Å². The van der Waals surface area contributed by atoms with Crippen LogP contribution in [-0.2, 0) is 9.53 Å². The van der Waals surface area contributed by atoms with Gasteiger partial charge in [-0.2, -0.15) is 5.10 Å². The highest BCUT2D eigenvalue weighted by molar-refractivity contribution is 6.43. The Morgan fingerprint density at radius 3 is 2.58 bits per heavy atom. The zero-order valence-electron chi connectivity index (χ0n) is 13.9. The van der Waals surface area contributed by atoms with Crippen molar-refractivity contribution in [1.82, 2.24) is 5.43 Å². The molecule has 0 atom stereocenters. The molecule has 136 valence electrons. The van der Waals surface area contributed by atoms with Gasteiger partial charge in [0.15, 0.2) is 6.61 Å². The van der Waals surface area contributed by atoms with E-state index in [0.29, 0.717) is 33.5 Å². The molecule has 1 amide bonds. The second-order valence-corrected chi connectivity index (χ2v) is 5.75. The number of nitrogens with one attached hydrogen (secondary N) is 1. The normalized spacial score (nSPS) is 10.6. The largest absolute Gasteiger partial charge is 0.484 e. The lowest BCUT2D eigenvalue weighted by Gasteiger charge is -2.06. The summed E-state index contributed by atoms with van der Waals surface area (Å²) in [4.78, 5) is 23.3. The first-order valence-corrected chi connectivity index (χ1v) is 8.42. The minimum atomic E-state index is -0.450. The van der Waals surface area contributed by atoms with Gasteiger partial charge in [0.25, 0.3) is 5.91 Å². The fourth-order valence-electron chi connectivity index (χ4n) is 1.88. The van der Waals surface area contributed by atoms with Gasteiger partial charge in [0.2, 0.25) is 0 Å². The highest BCUT2D eigenvalue weighted by atomic mass is 35.5. The lowest BCUT2D eigenvalue weighted by atomic mass is 10.2. The third-order valence-electron chi connectivity index (χ3n) is 3.11. The number of carbonyl (C=O) groups is 2. The molecule has 0 unspecified atom stereocenters. The van der Waals surface area contributed by atoms with E-state index < -0.39 is 11.9 Å². The SMILES string of the molecule is CCOC(=O)c1ccc(OCC(=O)NN=Cc2cccc(Cl)c2Cl)cc1. The Kier molecular flexibility index (Phi) is 7.44. The molecule has 0 radical (unpaired) electrons. The molecule has 0 aliphatic rings. The van der Waals surface area contributed by atoms with Gasteiger partial charge in [0, 0.05) is 5.56 Å². The molecule has 8 heteroatoms. The number of hydrogen-bond acceptors (Lipinski definition) is 5. The molecule has 0 aliphatic carbocycles. The summed E-state index contributed by atoms with van der Waals surface area (Å²) in [5.41, 5.74) is 3.31. The molecule has 26 heavy (non-hydrogen) atoms. The second-order valence-electron chi connectivity index (χ2n) is 4.97. The predicted octanol–water partition coefficient (Wildman–Crippen LogP) is 3.70. The average molecular weight is 395 g/mol. The number of benzene rings is 2. The van der Waals surface area contributed by atoms with Gasteiger partial charge in [-0.05, 0) is 37.3 Å². The van der Waals surface area contributed by atoms with Crippen LogP contribution in [0.4, 0.5) is 0 Å². The summed E-state index contributed by atoms with van der Waals surface area (Å²) in [7, 11) is 0. The molecule has 6 nitrogen and oxygen atoms in total. The van der Waals surface area contributed by atoms with Crippen LogP contribution in [0.25, 0.3) is 0 Å². The van der Waals surface area contributed by atoms with Crippen molar-refractivity contribution in [3.05, 3.63) is 63.6 Å². The third-order valence-corrected chi connectivity index (χ3v) is 3.94. The van der Waals surface area contributed by atoms with Crippen LogP contribution in [0.2, 0.25) is 10.0 Å². The van der Waals surface area contributed by atoms with Crippen molar-refractivity contribution < 1.29 is 19.1 Å².